The molecule has 0 unspecified atom stereocenters. The third-order valence-electron chi connectivity index (χ3n) is 6.52. The van der Waals surface area contributed by atoms with Gasteiger partial charge in [-0.2, -0.15) is 0 Å². The molecule has 5 rings (SSSR count). The molecule has 1 N–H and O–H groups in total. The summed E-state index contributed by atoms with van der Waals surface area (Å²) in [5, 5.41) is 5.19. The lowest BCUT2D eigenvalue weighted by molar-refractivity contribution is 0.0953. The summed E-state index contributed by atoms with van der Waals surface area (Å²) < 4.78 is 21.5. The number of ether oxygens (including phenoxy) is 1. The number of aryl methyl sites for hydroxylation is 1. The molecule has 4 aromatic carbocycles. The smallest absolute Gasteiger partial charge is 0.251 e. The van der Waals surface area contributed by atoms with Gasteiger partial charge in [-0.25, -0.2) is 9.37 Å². The Balaban J connectivity index is 1.15. The molecule has 1 aromatic heterocycles. The number of aromatic nitrogens is 2. The Hall–Kier alpha value is -4.19. The fraction of sp³-hybridized carbons (Fsp3) is 0.226. The van der Waals surface area contributed by atoms with E-state index in [-0.39, 0.29) is 11.7 Å². The topological polar surface area (TPSA) is 56.2 Å². The van der Waals surface area contributed by atoms with Crippen LogP contribution in [0.25, 0.3) is 21.8 Å². The van der Waals surface area contributed by atoms with Crippen LogP contribution in [0.3, 0.4) is 0 Å². The van der Waals surface area contributed by atoms with Crippen LogP contribution >= 0.6 is 0 Å². The van der Waals surface area contributed by atoms with Crippen LogP contribution in [0.5, 0.6) is 5.75 Å². The first-order chi connectivity index (χ1) is 18.2. The number of para-hydroxylation sites is 2. The average molecular weight is 496 g/mol. The molecule has 0 fully saturated rings. The third-order valence-corrected chi connectivity index (χ3v) is 6.52. The van der Waals surface area contributed by atoms with Crippen LogP contribution in [0.15, 0.2) is 91.0 Å². The number of rotatable bonds is 11. The Bertz CT molecular complexity index is 1490. The van der Waals surface area contributed by atoms with Gasteiger partial charge in [-0.05, 0) is 60.7 Å². The van der Waals surface area contributed by atoms with Crippen LogP contribution < -0.4 is 10.1 Å². The van der Waals surface area contributed by atoms with Gasteiger partial charge in [0, 0.05) is 23.9 Å². The minimum Gasteiger partial charge on any atom is -0.491 e. The van der Waals surface area contributed by atoms with Gasteiger partial charge in [0.2, 0.25) is 0 Å². The second-order valence-electron chi connectivity index (χ2n) is 9.07. The Morgan fingerprint density at radius 3 is 2.54 bits per heavy atom. The van der Waals surface area contributed by atoms with E-state index in [0.717, 1.165) is 53.7 Å². The summed E-state index contributed by atoms with van der Waals surface area (Å²) in [5.74, 6) is 1.43. The van der Waals surface area contributed by atoms with Crippen molar-refractivity contribution >= 4 is 27.7 Å². The van der Waals surface area contributed by atoms with E-state index in [0.29, 0.717) is 25.3 Å². The lowest BCUT2D eigenvalue weighted by atomic mass is 10.1. The van der Waals surface area contributed by atoms with Gasteiger partial charge in [0.25, 0.3) is 5.91 Å². The first-order valence-electron chi connectivity index (χ1n) is 12.8. The molecule has 37 heavy (non-hydrogen) atoms. The number of imidazole rings is 1. The maximum absolute atomic E-state index is 13.0. The molecular formula is C31H30FN3O2. The highest BCUT2D eigenvalue weighted by atomic mass is 19.1. The predicted octanol–water partition coefficient (Wildman–Crippen LogP) is 6.55. The van der Waals surface area contributed by atoms with E-state index in [9.17, 15) is 9.18 Å². The van der Waals surface area contributed by atoms with Crippen molar-refractivity contribution in [1.82, 2.24) is 14.9 Å². The molecule has 0 atom stereocenters. The van der Waals surface area contributed by atoms with Gasteiger partial charge in [-0.15, -0.1) is 0 Å². The van der Waals surface area contributed by atoms with Crippen molar-refractivity contribution in [3.63, 3.8) is 0 Å². The Labute approximate surface area is 215 Å². The first-order valence-corrected chi connectivity index (χ1v) is 12.8. The minimum atomic E-state index is -0.345. The van der Waals surface area contributed by atoms with Crippen molar-refractivity contribution in [3.8, 4) is 5.75 Å². The number of amides is 1. The van der Waals surface area contributed by atoms with Crippen molar-refractivity contribution in [2.75, 3.05) is 13.2 Å². The standard InChI is InChI=1S/C31H30FN3O2/c32-25-18-16-24(17-19-25)31(36)33-20-7-1-2-15-30-34-27-12-5-6-13-28(27)35(30)21-22-37-29-14-8-10-23-9-3-4-11-26(23)29/h3-6,8-14,16-19H,1-2,7,15,20-22H2,(H,33,36). The van der Waals surface area contributed by atoms with Crippen molar-refractivity contribution in [2.45, 2.75) is 32.2 Å². The van der Waals surface area contributed by atoms with Gasteiger partial charge in [0.05, 0.1) is 17.6 Å². The van der Waals surface area contributed by atoms with Crippen molar-refractivity contribution in [1.29, 1.82) is 0 Å². The lowest BCUT2D eigenvalue weighted by Crippen LogP contribution is -2.24. The molecular weight excluding hydrogens is 465 g/mol. The number of benzene rings is 4. The van der Waals surface area contributed by atoms with Crippen LogP contribution in [0.2, 0.25) is 0 Å². The summed E-state index contributed by atoms with van der Waals surface area (Å²) >= 11 is 0. The van der Waals surface area contributed by atoms with Crippen LogP contribution in [-0.2, 0) is 13.0 Å². The summed E-state index contributed by atoms with van der Waals surface area (Å²) in [7, 11) is 0. The van der Waals surface area contributed by atoms with Crippen molar-refractivity contribution in [3.05, 3.63) is 108 Å². The Morgan fingerprint density at radius 1 is 0.865 bits per heavy atom. The zero-order valence-corrected chi connectivity index (χ0v) is 20.7. The highest BCUT2D eigenvalue weighted by Crippen LogP contribution is 2.25. The van der Waals surface area contributed by atoms with Crippen LogP contribution in [0, 0.1) is 5.82 Å². The van der Waals surface area contributed by atoms with Gasteiger partial charge in [0.1, 0.15) is 24.0 Å². The van der Waals surface area contributed by atoms with E-state index in [1.807, 2.05) is 42.5 Å². The number of hydrogen-bond acceptors (Lipinski definition) is 3. The molecule has 1 amide bonds. The third kappa shape index (κ3) is 5.97. The summed E-state index contributed by atoms with van der Waals surface area (Å²) in [4.78, 5) is 17.1. The Kier molecular flexibility index (Phi) is 7.75. The molecule has 5 aromatic rings. The molecule has 1 heterocycles. The summed E-state index contributed by atoms with van der Waals surface area (Å²) in [5.41, 5.74) is 2.58. The molecule has 0 aliphatic carbocycles. The summed E-state index contributed by atoms with van der Waals surface area (Å²) in [6.07, 6.45) is 3.67. The second kappa shape index (κ2) is 11.7. The molecule has 0 radical (unpaired) electrons. The molecule has 0 aliphatic heterocycles. The monoisotopic (exact) mass is 495 g/mol. The van der Waals surface area contributed by atoms with Crippen LogP contribution in [0.4, 0.5) is 4.39 Å². The van der Waals surface area contributed by atoms with Gasteiger partial charge >= 0.3 is 0 Å². The largest absolute Gasteiger partial charge is 0.491 e. The zero-order chi connectivity index (χ0) is 25.5. The van der Waals surface area contributed by atoms with E-state index in [2.05, 4.69) is 34.1 Å². The molecule has 0 aliphatic rings. The molecule has 5 nitrogen and oxygen atoms in total. The molecule has 0 spiro atoms. The van der Waals surface area contributed by atoms with Gasteiger partial charge in [-0.1, -0.05) is 55.0 Å². The van der Waals surface area contributed by atoms with E-state index < -0.39 is 0 Å². The first kappa shape index (κ1) is 24.5. The molecule has 0 saturated carbocycles. The number of unbranched alkanes of at least 4 members (excludes halogenated alkanes) is 2. The molecule has 0 bridgehead atoms. The number of nitrogens with one attached hydrogen (secondary N) is 1. The summed E-state index contributed by atoms with van der Waals surface area (Å²) in [6, 6.07) is 28.2. The van der Waals surface area contributed by atoms with E-state index in [1.165, 1.54) is 29.7 Å². The highest BCUT2D eigenvalue weighted by Gasteiger charge is 2.11. The quantitative estimate of drug-likeness (QED) is 0.211. The van der Waals surface area contributed by atoms with Gasteiger partial charge < -0.3 is 14.6 Å². The van der Waals surface area contributed by atoms with E-state index in [4.69, 9.17) is 9.72 Å². The SMILES string of the molecule is O=C(NCCCCCc1nc2ccccc2n1CCOc1cccc2ccccc12)c1ccc(F)cc1. The van der Waals surface area contributed by atoms with Crippen molar-refractivity contribution < 1.29 is 13.9 Å². The maximum Gasteiger partial charge on any atom is 0.251 e. The maximum atomic E-state index is 13.0. The normalized spacial score (nSPS) is 11.2. The zero-order valence-electron chi connectivity index (χ0n) is 20.7. The Morgan fingerprint density at radius 2 is 1.65 bits per heavy atom. The predicted molar refractivity (Wildman–Crippen MR) is 145 cm³/mol. The second-order valence-corrected chi connectivity index (χ2v) is 9.07. The number of halogens is 1. The minimum absolute atomic E-state index is 0.173. The van der Waals surface area contributed by atoms with Gasteiger partial charge in [-0.3, -0.25) is 4.79 Å². The van der Waals surface area contributed by atoms with E-state index >= 15 is 0 Å². The number of carbonyl (C=O) groups is 1. The van der Waals surface area contributed by atoms with Crippen molar-refractivity contribution in [2.24, 2.45) is 0 Å². The fourth-order valence-electron chi connectivity index (χ4n) is 4.62. The average Bonchev–Trinajstić information content (AvgIpc) is 3.28. The van der Waals surface area contributed by atoms with Gasteiger partial charge in [0.15, 0.2) is 0 Å². The van der Waals surface area contributed by atoms with E-state index in [1.54, 1.807) is 0 Å². The number of nitrogens with zero attached hydrogens (tertiary/aromatic N) is 2. The summed E-state index contributed by atoms with van der Waals surface area (Å²) in [6.45, 7) is 1.86. The lowest BCUT2D eigenvalue weighted by Gasteiger charge is -2.12. The fourth-order valence-corrected chi connectivity index (χ4v) is 4.62. The molecule has 0 saturated heterocycles. The van der Waals surface area contributed by atoms with Crippen LogP contribution in [-0.4, -0.2) is 28.6 Å². The van der Waals surface area contributed by atoms with Crippen LogP contribution in [0.1, 0.15) is 35.4 Å². The number of carbonyl (C=O) groups excluding carboxylic acids is 1. The highest BCUT2D eigenvalue weighted by molar-refractivity contribution is 5.94. The molecule has 6 heteroatoms. The number of hydrogen-bond donors (Lipinski definition) is 1. The molecule has 188 valence electrons. The number of fused-ring (bicyclic) bond motifs is 2.